The summed E-state index contributed by atoms with van der Waals surface area (Å²) in [6.45, 7) is 2.62. The summed E-state index contributed by atoms with van der Waals surface area (Å²) >= 11 is 6.17. The first-order valence-corrected chi connectivity index (χ1v) is 10.4. The fourth-order valence-electron chi connectivity index (χ4n) is 2.91. The molecule has 0 aliphatic heterocycles. The molecule has 3 rings (SSSR count). The molecule has 7 nitrogen and oxygen atoms in total. The third kappa shape index (κ3) is 6.15. The summed E-state index contributed by atoms with van der Waals surface area (Å²) in [4.78, 5) is 24.4. The lowest BCUT2D eigenvalue weighted by molar-refractivity contribution is 0.102. The highest BCUT2D eigenvalue weighted by Gasteiger charge is 2.13. The zero-order chi connectivity index (χ0) is 22.9. The topological polar surface area (TPSA) is 88.7 Å². The van der Waals surface area contributed by atoms with Crippen molar-refractivity contribution >= 4 is 34.9 Å². The van der Waals surface area contributed by atoms with Crippen LogP contribution in [0.2, 0.25) is 5.02 Å². The average Bonchev–Trinajstić information content (AvgIpc) is 2.78. The number of hydrogen-bond donors (Lipinski definition) is 3. The molecule has 0 aliphatic carbocycles. The van der Waals surface area contributed by atoms with E-state index in [1.54, 1.807) is 48.5 Å². The van der Waals surface area contributed by atoms with Crippen LogP contribution in [0.5, 0.6) is 11.5 Å². The predicted octanol–water partition coefficient (Wildman–Crippen LogP) is 5.32. The summed E-state index contributed by atoms with van der Waals surface area (Å²) in [5.41, 5.74) is 2.35. The molecule has 0 bridgehead atoms. The fourth-order valence-corrected chi connectivity index (χ4v) is 3.10. The Balaban J connectivity index is 1.68. The molecule has 0 atom stereocenters. The molecule has 3 aromatic carbocycles. The summed E-state index contributed by atoms with van der Waals surface area (Å²) in [6.07, 6.45) is 0. The molecule has 3 amide bonds. The Kier molecular flexibility index (Phi) is 7.94. The number of ether oxygens (including phenoxy) is 2. The van der Waals surface area contributed by atoms with E-state index < -0.39 is 0 Å². The number of amides is 3. The summed E-state index contributed by atoms with van der Waals surface area (Å²) in [5, 5.41) is 8.79. The predicted molar refractivity (Wildman–Crippen MR) is 126 cm³/mol. The molecule has 0 aromatic heterocycles. The SMILES string of the molecule is CCNC(=O)Nc1cccc(NC(=O)c2ccc(OCc3ccccc3Cl)c(OC)c2)c1. The fraction of sp³-hybridized carbons (Fsp3) is 0.167. The third-order valence-corrected chi connectivity index (χ3v) is 4.85. The first kappa shape index (κ1) is 23.0. The van der Waals surface area contributed by atoms with Gasteiger partial charge in [-0.15, -0.1) is 0 Å². The smallest absolute Gasteiger partial charge is 0.319 e. The standard InChI is InChI=1S/C24H24ClN3O4/c1-3-26-24(30)28-19-9-6-8-18(14-19)27-23(29)16-11-12-21(22(13-16)31-2)32-15-17-7-4-5-10-20(17)25/h4-14H,3,15H2,1-2H3,(H,27,29)(H2,26,28,30). The third-order valence-electron chi connectivity index (χ3n) is 4.48. The lowest BCUT2D eigenvalue weighted by atomic mass is 10.1. The molecular weight excluding hydrogens is 430 g/mol. The Hall–Kier alpha value is -3.71. The minimum absolute atomic E-state index is 0.271. The van der Waals surface area contributed by atoms with Gasteiger partial charge in [0.25, 0.3) is 5.91 Å². The van der Waals surface area contributed by atoms with Crippen LogP contribution < -0.4 is 25.4 Å². The highest BCUT2D eigenvalue weighted by Crippen LogP contribution is 2.30. The van der Waals surface area contributed by atoms with Gasteiger partial charge in [-0.25, -0.2) is 4.79 Å². The van der Waals surface area contributed by atoms with E-state index in [-0.39, 0.29) is 18.5 Å². The van der Waals surface area contributed by atoms with Crippen molar-refractivity contribution in [3.8, 4) is 11.5 Å². The van der Waals surface area contributed by atoms with Crippen LogP contribution in [-0.2, 0) is 6.61 Å². The number of anilines is 2. The lowest BCUT2D eigenvalue weighted by Gasteiger charge is -2.13. The second kappa shape index (κ2) is 11.1. The monoisotopic (exact) mass is 453 g/mol. The van der Waals surface area contributed by atoms with E-state index in [9.17, 15) is 9.59 Å². The molecule has 166 valence electrons. The molecule has 0 fully saturated rings. The van der Waals surface area contributed by atoms with E-state index in [4.69, 9.17) is 21.1 Å². The maximum Gasteiger partial charge on any atom is 0.319 e. The van der Waals surface area contributed by atoms with Crippen molar-refractivity contribution in [1.82, 2.24) is 5.32 Å². The van der Waals surface area contributed by atoms with Gasteiger partial charge in [0.1, 0.15) is 6.61 Å². The van der Waals surface area contributed by atoms with E-state index >= 15 is 0 Å². The van der Waals surface area contributed by atoms with Crippen molar-refractivity contribution in [1.29, 1.82) is 0 Å². The molecular formula is C24H24ClN3O4. The number of carbonyl (C=O) groups is 2. The summed E-state index contributed by atoms with van der Waals surface area (Å²) < 4.78 is 11.2. The molecule has 0 aliphatic rings. The normalized spacial score (nSPS) is 10.2. The molecule has 0 saturated carbocycles. The van der Waals surface area contributed by atoms with E-state index in [1.807, 2.05) is 25.1 Å². The molecule has 0 spiro atoms. The molecule has 3 aromatic rings. The summed E-state index contributed by atoms with van der Waals surface area (Å²) in [5.74, 6) is 0.601. The quantitative estimate of drug-likeness (QED) is 0.430. The maximum absolute atomic E-state index is 12.7. The molecule has 8 heteroatoms. The van der Waals surface area contributed by atoms with Crippen LogP contribution in [0.3, 0.4) is 0 Å². The number of hydrogen-bond acceptors (Lipinski definition) is 4. The molecule has 0 radical (unpaired) electrons. The number of halogens is 1. The van der Waals surface area contributed by atoms with Gasteiger partial charge < -0.3 is 25.4 Å². The van der Waals surface area contributed by atoms with Gasteiger partial charge in [0.2, 0.25) is 0 Å². The minimum atomic E-state index is -0.323. The van der Waals surface area contributed by atoms with Crippen molar-refractivity contribution in [2.75, 3.05) is 24.3 Å². The Morgan fingerprint density at radius 2 is 1.66 bits per heavy atom. The first-order chi connectivity index (χ1) is 15.5. The average molecular weight is 454 g/mol. The second-order valence-corrected chi connectivity index (χ2v) is 7.17. The van der Waals surface area contributed by atoms with Crippen LogP contribution in [0.4, 0.5) is 16.2 Å². The number of nitrogens with one attached hydrogen (secondary N) is 3. The number of urea groups is 1. The van der Waals surface area contributed by atoms with Crippen LogP contribution in [0.1, 0.15) is 22.8 Å². The Bertz CT molecular complexity index is 1100. The van der Waals surface area contributed by atoms with Gasteiger partial charge in [0.05, 0.1) is 7.11 Å². The maximum atomic E-state index is 12.7. The van der Waals surface area contributed by atoms with Crippen LogP contribution in [0.25, 0.3) is 0 Å². The van der Waals surface area contributed by atoms with E-state index in [2.05, 4.69) is 16.0 Å². The van der Waals surface area contributed by atoms with Crippen molar-refractivity contribution in [3.63, 3.8) is 0 Å². The molecule has 32 heavy (non-hydrogen) atoms. The zero-order valence-electron chi connectivity index (χ0n) is 17.8. The molecule has 0 saturated heterocycles. The lowest BCUT2D eigenvalue weighted by Crippen LogP contribution is -2.28. The summed E-state index contributed by atoms with van der Waals surface area (Å²) in [6, 6.07) is 18.9. The van der Waals surface area contributed by atoms with Crippen molar-refractivity contribution in [3.05, 3.63) is 82.9 Å². The highest BCUT2D eigenvalue weighted by molar-refractivity contribution is 6.31. The Morgan fingerprint density at radius 1 is 0.906 bits per heavy atom. The number of methoxy groups -OCH3 is 1. The van der Waals surface area contributed by atoms with Crippen LogP contribution in [0.15, 0.2) is 66.7 Å². The zero-order valence-corrected chi connectivity index (χ0v) is 18.5. The minimum Gasteiger partial charge on any atom is -0.493 e. The molecule has 3 N–H and O–H groups in total. The Morgan fingerprint density at radius 3 is 2.38 bits per heavy atom. The van der Waals surface area contributed by atoms with Gasteiger partial charge in [-0.1, -0.05) is 35.9 Å². The van der Waals surface area contributed by atoms with Crippen molar-refractivity contribution in [2.45, 2.75) is 13.5 Å². The van der Waals surface area contributed by atoms with Crippen LogP contribution in [-0.4, -0.2) is 25.6 Å². The number of carbonyl (C=O) groups excluding carboxylic acids is 2. The van der Waals surface area contributed by atoms with Gasteiger partial charge >= 0.3 is 6.03 Å². The number of benzene rings is 3. The summed E-state index contributed by atoms with van der Waals surface area (Å²) in [7, 11) is 1.51. The van der Waals surface area contributed by atoms with Gasteiger partial charge in [0, 0.05) is 34.1 Å². The van der Waals surface area contributed by atoms with Crippen LogP contribution >= 0.6 is 11.6 Å². The van der Waals surface area contributed by atoms with E-state index in [0.29, 0.717) is 40.0 Å². The van der Waals surface area contributed by atoms with Gasteiger partial charge in [-0.05, 0) is 49.4 Å². The largest absolute Gasteiger partial charge is 0.493 e. The van der Waals surface area contributed by atoms with Crippen molar-refractivity contribution < 1.29 is 19.1 Å². The number of rotatable bonds is 8. The Labute approximate surface area is 191 Å². The first-order valence-electron chi connectivity index (χ1n) is 10.0. The molecule has 0 heterocycles. The van der Waals surface area contributed by atoms with E-state index in [1.165, 1.54) is 7.11 Å². The highest BCUT2D eigenvalue weighted by atomic mass is 35.5. The van der Waals surface area contributed by atoms with Gasteiger partial charge in [0.15, 0.2) is 11.5 Å². The van der Waals surface area contributed by atoms with Gasteiger partial charge in [-0.3, -0.25) is 4.79 Å². The molecule has 0 unspecified atom stereocenters. The second-order valence-electron chi connectivity index (χ2n) is 6.77. The van der Waals surface area contributed by atoms with Crippen LogP contribution in [0, 0.1) is 0 Å². The van der Waals surface area contributed by atoms with Crippen molar-refractivity contribution in [2.24, 2.45) is 0 Å². The van der Waals surface area contributed by atoms with E-state index in [0.717, 1.165) is 5.56 Å². The van der Waals surface area contributed by atoms with Gasteiger partial charge in [-0.2, -0.15) is 0 Å².